The van der Waals surface area contributed by atoms with Crippen LogP contribution in [0.4, 0.5) is 8.78 Å². The summed E-state index contributed by atoms with van der Waals surface area (Å²) in [6, 6.07) is 15.1. The van der Waals surface area contributed by atoms with E-state index in [0.29, 0.717) is 16.3 Å². The van der Waals surface area contributed by atoms with Crippen LogP contribution in [0.25, 0.3) is 22.9 Å². The first-order valence-corrected chi connectivity index (χ1v) is 12.9. The Hall–Kier alpha value is -2.38. The lowest BCUT2D eigenvalue weighted by Gasteiger charge is -2.27. The van der Waals surface area contributed by atoms with Crippen LogP contribution in [0.1, 0.15) is 40.9 Å². The second-order valence-electron chi connectivity index (χ2n) is 7.23. The first-order chi connectivity index (χ1) is 16.2. The molecule has 0 bridgehead atoms. The van der Waals surface area contributed by atoms with Crippen molar-refractivity contribution in [1.82, 2.24) is 0 Å². The molecule has 0 N–H and O–H groups in total. The van der Waals surface area contributed by atoms with Crippen molar-refractivity contribution >= 4 is 52.4 Å². The molecule has 3 rings (SSSR count). The van der Waals surface area contributed by atoms with Crippen LogP contribution in [-0.4, -0.2) is 26.3 Å². The molecule has 0 heterocycles. The largest absolute Gasteiger partial charge is 0.465 e. The summed E-state index contributed by atoms with van der Waals surface area (Å²) in [6.45, 7) is 2.63. The van der Waals surface area contributed by atoms with Gasteiger partial charge in [-0.05, 0) is 69.9 Å². The number of hydrogen-bond donors (Lipinski definition) is 0. The Morgan fingerprint density at radius 2 is 1.65 bits per heavy atom. The molecule has 0 saturated heterocycles. The second kappa shape index (κ2) is 10.9. The maximum atomic E-state index is 15.3. The van der Waals surface area contributed by atoms with Crippen molar-refractivity contribution in [2.45, 2.75) is 19.5 Å². The third-order valence-electron chi connectivity index (χ3n) is 5.02. The van der Waals surface area contributed by atoms with E-state index in [-0.39, 0.29) is 17.7 Å². The Balaban J connectivity index is 1.96. The van der Waals surface area contributed by atoms with Crippen molar-refractivity contribution in [2.24, 2.45) is 0 Å². The topological polar surface area (TPSA) is 61.8 Å². The molecule has 0 atom stereocenters. The molecule has 0 saturated carbocycles. The molecule has 3 aromatic carbocycles. The monoisotopic (exact) mass is 552 g/mol. The molecule has 0 unspecified atom stereocenters. The molecule has 9 heteroatoms. The summed E-state index contributed by atoms with van der Waals surface area (Å²) in [5.74, 6) is -0.420. The molecular formula is C25H24BrF2O5P. The minimum atomic E-state index is -4.72. The lowest BCUT2D eigenvalue weighted by Crippen LogP contribution is -2.19. The molecule has 0 aliphatic rings. The zero-order valence-electron chi connectivity index (χ0n) is 18.9. The van der Waals surface area contributed by atoms with Gasteiger partial charge >= 0.3 is 19.2 Å². The molecule has 0 spiro atoms. The molecule has 34 heavy (non-hydrogen) atoms. The van der Waals surface area contributed by atoms with Crippen molar-refractivity contribution in [2.75, 3.05) is 20.3 Å². The Morgan fingerprint density at radius 1 is 1.00 bits per heavy atom. The molecule has 0 aromatic heterocycles. The number of ether oxygens (including phenoxy) is 1. The number of halogens is 3. The van der Waals surface area contributed by atoms with Gasteiger partial charge in [-0.15, -0.1) is 0 Å². The molecule has 0 aliphatic carbocycles. The van der Waals surface area contributed by atoms with E-state index >= 15 is 8.78 Å². The molecule has 0 aliphatic heterocycles. The highest BCUT2D eigenvalue weighted by molar-refractivity contribution is 9.10. The normalized spacial score (nSPS) is 12.4. The standard InChI is InChI=1S/C25H24BrF2O5P/c1-4-32-34(30,33-5-2)25(27,28)22-14-12-19-15-18(11-13-21(19)23(22)26)10-9-17-7-6-8-20(16-17)24(29)31-3/h6-16H,4-5H2,1-3H3/b10-9+. The van der Waals surface area contributed by atoms with Gasteiger partial charge in [0.05, 0.1) is 25.9 Å². The van der Waals surface area contributed by atoms with Gasteiger partial charge in [-0.3, -0.25) is 4.57 Å². The number of alkyl halides is 2. The molecule has 5 nitrogen and oxygen atoms in total. The van der Waals surface area contributed by atoms with Gasteiger partial charge in [0.15, 0.2) is 0 Å². The van der Waals surface area contributed by atoms with Gasteiger partial charge in [0.25, 0.3) is 0 Å². The van der Waals surface area contributed by atoms with Crippen LogP contribution in [0.3, 0.4) is 0 Å². The van der Waals surface area contributed by atoms with Crippen LogP contribution >= 0.6 is 23.5 Å². The quantitative estimate of drug-likeness (QED) is 0.153. The smallest absolute Gasteiger partial charge is 0.404 e. The van der Waals surface area contributed by atoms with E-state index < -0.39 is 24.8 Å². The average molecular weight is 553 g/mol. The van der Waals surface area contributed by atoms with Crippen molar-refractivity contribution in [3.8, 4) is 0 Å². The fourth-order valence-electron chi connectivity index (χ4n) is 3.41. The zero-order chi connectivity index (χ0) is 24.9. The number of hydrogen-bond acceptors (Lipinski definition) is 5. The van der Waals surface area contributed by atoms with Crippen LogP contribution in [0.5, 0.6) is 0 Å². The van der Waals surface area contributed by atoms with Crippen molar-refractivity contribution in [1.29, 1.82) is 0 Å². The maximum Gasteiger partial charge on any atom is 0.404 e. The minimum absolute atomic E-state index is 0.121. The van der Waals surface area contributed by atoms with Crippen molar-refractivity contribution < 1.29 is 31.9 Å². The highest BCUT2D eigenvalue weighted by Crippen LogP contribution is 2.67. The summed E-state index contributed by atoms with van der Waals surface area (Å²) in [5.41, 5.74) is -2.22. The van der Waals surface area contributed by atoms with Crippen LogP contribution in [0.2, 0.25) is 0 Å². The summed E-state index contributed by atoms with van der Waals surface area (Å²) < 4.78 is 58.1. The average Bonchev–Trinajstić information content (AvgIpc) is 2.82. The van der Waals surface area contributed by atoms with Gasteiger partial charge in [-0.1, -0.05) is 48.6 Å². The molecular weight excluding hydrogens is 529 g/mol. The second-order valence-corrected chi connectivity index (χ2v) is 10.1. The lowest BCUT2D eigenvalue weighted by atomic mass is 10.0. The highest BCUT2D eigenvalue weighted by Gasteiger charge is 2.55. The van der Waals surface area contributed by atoms with E-state index in [1.807, 2.05) is 24.3 Å². The molecule has 3 aromatic rings. The van der Waals surface area contributed by atoms with Gasteiger partial charge < -0.3 is 13.8 Å². The number of carbonyl (C=O) groups is 1. The molecule has 180 valence electrons. The first kappa shape index (κ1) is 26.2. The van der Waals surface area contributed by atoms with E-state index in [1.54, 1.807) is 36.4 Å². The summed E-state index contributed by atoms with van der Waals surface area (Å²) in [5, 5.41) is 1.24. The zero-order valence-corrected chi connectivity index (χ0v) is 21.4. The SMILES string of the molecule is CCOP(=O)(OCC)C(F)(F)c1ccc2cc(/C=C/c3cccc(C(=O)OC)c3)ccc2c1Br. The van der Waals surface area contributed by atoms with Crippen molar-refractivity contribution in [3.05, 3.63) is 81.3 Å². The van der Waals surface area contributed by atoms with Crippen LogP contribution < -0.4 is 0 Å². The van der Waals surface area contributed by atoms with Crippen LogP contribution in [-0.2, 0) is 24.0 Å². The third-order valence-corrected chi connectivity index (χ3v) is 8.00. The number of rotatable bonds is 9. The van der Waals surface area contributed by atoms with Gasteiger partial charge in [0.1, 0.15) is 0 Å². The van der Waals surface area contributed by atoms with E-state index in [2.05, 4.69) is 15.9 Å². The first-order valence-electron chi connectivity index (χ1n) is 10.5. The van der Waals surface area contributed by atoms with Gasteiger partial charge in [-0.2, -0.15) is 8.78 Å². The third kappa shape index (κ3) is 5.31. The maximum absolute atomic E-state index is 15.3. The van der Waals surface area contributed by atoms with E-state index in [4.69, 9.17) is 13.8 Å². The van der Waals surface area contributed by atoms with E-state index in [1.165, 1.54) is 27.0 Å². The summed E-state index contributed by atoms with van der Waals surface area (Å²) in [7, 11) is -3.40. The molecule has 0 radical (unpaired) electrons. The predicted molar refractivity (Wildman–Crippen MR) is 133 cm³/mol. The Kier molecular flexibility index (Phi) is 8.42. The Labute approximate surface area is 205 Å². The number of esters is 1. The molecule has 0 fully saturated rings. The summed E-state index contributed by atoms with van der Waals surface area (Å²) in [4.78, 5) is 11.7. The van der Waals surface area contributed by atoms with Gasteiger partial charge in [-0.25, -0.2) is 4.79 Å². The number of fused-ring (bicyclic) bond motifs is 1. The van der Waals surface area contributed by atoms with Gasteiger partial charge in [0, 0.05) is 10.0 Å². The highest BCUT2D eigenvalue weighted by atomic mass is 79.9. The van der Waals surface area contributed by atoms with Crippen LogP contribution in [0.15, 0.2) is 59.1 Å². The van der Waals surface area contributed by atoms with Gasteiger partial charge in [0.2, 0.25) is 0 Å². The lowest BCUT2D eigenvalue weighted by molar-refractivity contribution is 0.0356. The number of methoxy groups -OCH3 is 1. The van der Waals surface area contributed by atoms with Crippen LogP contribution in [0, 0.1) is 0 Å². The van der Waals surface area contributed by atoms with Crippen molar-refractivity contribution in [3.63, 3.8) is 0 Å². The fraction of sp³-hybridized carbons (Fsp3) is 0.240. The molecule has 0 amide bonds. The summed E-state index contributed by atoms with van der Waals surface area (Å²) in [6.07, 6.45) is 3.69. The Morgan fingerprint density at radius 3 is 2.26 bits per heavy atom. The van der Waals surface area contributed by atoms with E-state index in [9.17, 15) is 9.36 Å². The fourth-order valence-corrected chi connectivity index (χ4v) is 5.87. The number of benzene rings is 3. The van der Waals surface area contributed by atoms with E-state index in [0.717, 1.165) is 11.1 Å². The predicted octanol–water partition coefficient (Wildman–Crippen LogP) is 7.87. The minimum Gasteiger partial charge on any atom is -0.465 e. The summed E-state index contributed by atoms with van der Waals surface area (Å²) >= 11 is 3.27. The number of carbonyl (C=O) groups excluding carboxylic acids is 1. The Bertz CT molecular complexity index is 1270.